The highest BCUT2D eigenvalue weighted by Gasteiger charge is 2.50. The van der Waals surface area contributed by atoms with Crippen molar-refractivity contribution in [1.29, 1.82) is 0 Å². The minimum absolute atomic E-state index is 0.0541. The van der Waals surface area contributed by atoms with Gasteiger partial charge in [0.15, 0.2) is 6.79 Å². The fourth-order valence-electron chi connectivity index (χ4n) is 8.37. The quantitative estimate of drug-likeness (QED) is 0.0246. The fourth-order valence-corrected chi connectivity index (χ4v) is 12.9. The van der Waals surface area contributed by atoms with Gasteiger partial charge >= 0.3 is 5.97 Å². The van der Waals surface area contributed by atoms with Gasteiger partial charge in [-0.05, 0) is 69.0 Å². The minimum Gasteiger partial charge on any atom is -0.507 e. The Morgan fingerprint density at radius 3 is 1.79 bits per heavy atom. The maximum absolute atomic E-state index is 12.8. The van der Waals surface area contributed by atoms with Crippen molar-refractivity contribution in [2.24, 2.45) is 0 Å². The molecule has 0 atom stereocenters. The number of aromatic hydroxyl groups is 1. The first kappa shape index (κ1) is 50.5. The first-order valence-corrected chi connectivity index (χ1v) is 25.0. The Morgan fingerprint density at radius 2 is 1.20 bits per heavy atom. The molecule has 0 radical (unpaired) electrons. The van der Waals surface area contributed by atoms with E-state index in [2.05, 4.69) is 81.1 Å². The summed E-state index contributed by atoms with van der Waals surface area (Å²) in [5.74, 6) is 7.62. The summed E-state index contributed by atoms with van der Waals surface area (Å²) in [7, 11) is 1.57. The molecule has 0 aromatic heterocycles. The maximum atomic E-state index is 12.8. The predicted molar refractivity (Wildman–Crippen MR) is 275 cm³/mol. The second-order valence-corrected chi connectivity index (χ2v) is 21.9. The Hall–Kier alpha value is -7.33. The molecule has 7 rings (SSSR count). The molecule has 0 fully saturated rings. The highest BCUT2D eigenvalue weighted by Crippen LogP contribution is 2.40. The van der Waals surface area contributed by atoms with E-state index in [1.165, 1.54) is 7.11 Å². The average Bonchev–Trinajstić information content (AvgIpc) is 3.38. The maximum Gasteiger partial charge on any atom is 0.341 e. The normalized spacial score (nSPS) is 11.3. The van der Waals surface area contributed by atoms with Crippen LogP contribution in [0, 0.1) is 11.8 Å². The number of carbonyl (C=O) groups is 1. The highest BCUT2D eigenvalue weighted by molar-refractivity contribution is 6.99. The van der Waals surface area contributed by atoms with E-state index in [1.807, 2.05) is 84.9 Å². The molecule has 10 nitrogen and oxygen atoms in total. The third-order valence-corrected chi connectivity index (χ3v) is 16.8. The van der Waals surface area contributed by atoms with Crippen LogP contribution < -0.4 is 29.3 Å². The number of esters is 1. The number of rotatable bonds is 21. The third-order valence-electron chi connectivity index (χ3n) is 11.8. The second-order valence-electron chi connectivity index (χ2n) is 17.5. The van der Waals surface area contributed by atoms with Crippen LogP contribution in [0.5, 0.6) is 28.7 Å². The zero-order valence-electron chi connectivity index (χ0n) is 40.7. The van der Waals surface area contributed by atoms with Gasteiger partial charge in [0.05, 0.1) is 39.6 Å². The van der Waals surface area contributed by atoms with Crippen molar-refractivity contribution >= 4 is 24.7 Å². The van der Waals surface area contributed by atoms with Gasteiger partial charge in [-0.15, -0.1) is 0 Å². The highest BCUT2D eigenvalue weighted by atomic mass is 28.4. The Kier molecular flexibility index (Phi) is 17.5. The van der Waals surface area contributed by atoms with Crippen LogP contribution in [0.4, 0.5) is 0 Å². The summed E-state index contributed by atoms with van der Waals surface area (Å²) in [5.41, 5.74) is 5.30. The molecular formula is C59H60O10Si. The molecule has 7 aromatic carbocycles. The van der Waals surface area contributed by atoms with E-state index in [9.17, 15) is 9.90 Å². The predicted octanol–water partition coefficient (Wildman–Crippen LogP) is 10.4. The van der Waals surface area contributed by atoms with E-state index in [0.29, 0.717) is 60.2 Å². The number of phenolic OH excluding ortho intramolecular Hbond substituents is 1. The first-order chi connectivity index (χ1) is 34.0. The number of hydrogen-bond donors (Lipinski definition) is 1. The lowest BCUT2D eigenvalue weighted by Crippen LogP contribution is -2.66. The molecule has 0 saturated carbocycles. The molecule has 11 heteroatoms. The van der Waals surface area contributed by atoms with Crippen molar-refractivity contribution in [3.63, 3.8) is 0 Å². The molecule has 7 aromatic rings. The summed E-state index contributed by atoms with van der Waals surface area (Å²) in [6.45, 7) is 8.26. The lowest BCUT2D eigenvalue weighted by molar-refractivity contribution is -0.00906. The van der Waals surface area contributed by atoms with E-state index < -0.39 is 14.3 Å². The molecule has 0 saturated heterocycles. The van der Waals surface area contributed by atoms with Gasteiger partial charge in [-0.3, -0.25) is 0 Å². The van der Waals surface area contributed by atoms with Crippen LogP contribution in [-0.4, -0.2) is 60.7 Å². The van der Waals surface area contributed by atoms with Crippen LogP contribution >= 0.6 is 0 Å². The Balaban J connectivity index is 1.28. The second kappa shape index (κ2) is 24.3. The standard InChI is InChI=1S/C59H60O10Si/c1-59(2,3)70(51-23-15-9-16-24-51,52-25-17-10-18-26-52)69-41-49-36-50(66-39-44-19-11-7-12-20-44)35-48(57(49)63-5)34-47-37-54(60)46(38-56(47)67-40-45-21-13-8-14-22-45)29-27-43-28-30-55(53(33-43)58(61)64-6)68-42-65-32-31-62-4/h7-26,28,30,33,35-38,60H,31-32,34,39-42H2,1-6H3. The summed E-state index contributed by atoms with van der Waals surface area (Å²) in [4.78, 5) is 12.8. The molecule has 0 heterocycles. The van der Waals surface area contributed by atoms with E-state index in [0.717, 1.165) is 32.6 Å². The molecule has 0 bridgehead atoms. The zero-order chi connectivity index (χ0) is 49.4. The molecule has 0 amide bonds. The number of ether oxygens (including phenoxy) is 7. The summed E-state index contributed by atoms with van der Waals surface area (Å²) >= 11 is 0. The average molecular weight is 957 g/mol. The van der Waals surface area contributed by atoms with Crippen LogP contribution in [0.3, 0.4) is 0 Å². The van der Waals surface area contributed by atoms with Gasteiger partial charge < -0.3 is 42.7 Å². The lowest BCUT2D eigenvalue weighted by Gasteiger charge is -2.43. The van der Waals surface area contributed by atoms with Crippen molar-refractivity contribution in [2.45, 2.75) is 52.1 Å². The minimum atomic E-state index is -2.97. The molecule has 0 unspecified atom stereocenters. The lowest BCUT2D eigenvalue weighted by atomic mass is 9.98. The van der Waals surface area contributed by atoms with Gasteiger partial charge in [0.25, 0.3) is 8.32 Å². The van der Waals surface area contributed by atoms with Crippen LogP contribution in [0.1, 0.15) is 70.1 Å². The van der Waals surface area contributed by atoms with Gasteiger partial charge in [0.1, 0.15) is 47.5 Å². The Bertz CT molecular complexity index is 2820. The Morgan fingerprint density at radius 1 is 0.600 bits per heavy atom. The van der Waals surface area contributed by atoms with E-state index >= 15 is 0 Å². The van der Waals surface area contributed by atoms with Crippen LogP contribution in [0.15, 0.2) is 164 Å². The number of benzene rings is 7. The summed E-state index contributed by atoms with van der Waals surface area (Å²) in [6, 6.07) is 53.3. The molecule has 0 aliphatic carbocycles. The van der Waals surface area contributed by atoms with Gasteiger partial charge in [0, 0.05) is 35.8 Å². The van der Waals surface area contributed by atoms with Crippen molar-refractivity contribution in [2.75, 3.05) is 41.3 Å². The zero-order valence-corrected chi connectivity index (χ0v) is 41.7. The number of phenols is 1. The van der Waals surface area contributed by atoms with Crippen LogP contribution in [0.2, 0.25) is 5.04 Å². The third kappa shape index (κ3) is 12.6. The number of carbonyl (C=O) groups excluding carboxylic acids is 1. The molecular weight excluding hydrogens is 897 g/mol. The SMILES string of the molecule is COCCOCOc1ccc(C#Cc2cc(OCc3ccccc3)c(Cc3cc(OCc4ccccc4)cc(CO[Si](c4ccccc4)(c4ccccc4)C(C)(C)C)c3OC)cc2O)cc1C(=O)OC. The van der Waals surface area contributed by atoms with Gasteiger partial charge in [-0.2, -0.15) is 0 Å². The molecule has 360 valence electrons. The summed E-state index contributed by atoms with van der Waals surface area (Å²) in [6.07, 6.45) is 0.294. The van der Waals surface area contributed by atoms with Crippen LogP contribution in [-0.2, 0) is 44.9 Å². The number of hydrogen-bond acceptors (Lipinski definition) is 10. The Labute approximate surface area is 412 Å². The monoisotopic (exact) mass is 956 g/mol. The molecule has 0 aliphatic heterocycles. The number of methoxy groups -OCH3 is 3. The van der Waals surface area contributed by atoms with E-state index in [-0.39, 0.29) is 42.1 Å². The smallest absolute Gasteiger partial charge is 0.341 e. The van der Waals surface area contributed by atoms with Crippen molar-refractivity contribution in [1.82, 2.24) is 0 Å². The van der Waals surface area contributed by atoms with Crippen molar-refractivity contribution in [3.05, 3.63) is 208 Å². The van der Waals surface area contributed by atoms with Gasteiger partial charge in [-0.25, -0.2) is 4.79 Å². The van der Waals surface area contributed by atoms with Crippen molar-refractivity contribution < 1.29 is 47.5 Å². The van der Waals surface area contributed by atoms with E-state index in [1.54, 1.807) is 44.6 Å². The van der Waals surface area contributed by atoms with Crippen molar-refractivity contribution in [3.8, 4) is 40.6 Å². The summed E-state index contributed by atoms with van der Waals surface area (Å²) < 4.78 is 48.1. The van der Waals surface area contributed by atoms with Gasteiger partial charge in [0.2, 0.25) is 0 Å². The fraction of sp³-hybridized carbons (Fsp3) is 0.237. The largest absolute Gasteiger partial charge is 0.507 e. The summed E-state index contributed by atoms with van der Waals surface area (Å²) in [5, 5.41) is 13.8. The molecule has 70 heavy (non-hydrogen) atoms. The molecule has 0 spiro atoms. The van der Waals surface area contributed by atoms with Crippen LogP contribution in [0.25, 0.3) is 0 Å². The topological polar surface area (TPSA) is 111 Å². The first-order valence-electron chi connectivity index (χ1n) is 23.1. The molecule has 1 N–H and O–H groups in total. The van der Waals surface area contributed by atoms with Gasteiger partial charge in [-0.1, -0.05) is 154 Å². The van der Waals surface area contributed by atoms with E-state index in [4.69, 9.17) is 37.6 Å². The molecule has 0 aliphatic rings.